The summed E-state index contributed by atoms with van der Waals surface area (Å²) in [5.74, 6) is -0.200. The molecule has 0 aromatic heterocycles. The van der Waals surface area contributed by atoms with Gasteiger partial charge >= 0.3 is 5.97 Å². The first-order chi connectivity index (χ1) is 9.40. The van der Waals surface area contributed by atoms with Gasteiger partial charge in [-0.3, -0.25) is 0 Å². The average Bonchev–Trinajstić information content (AvgIpc) is 2.42. The summed E-state index contributed by atoms with van der Waals surface area (Å²) in [7, 11) is 0. The van der Waals surface area contributed by atoms with Gasteiger partial charge in [0.25, 0.3) is 0 Å². The molecule has 1 aliphatic rings. The number of ether oxygens (including phenoxy) is 1. The highest BCUT2D eigenvalue weighted by Gasteiger charge is 2.34. The third-order valence-corrected chi connectivity index (χ3v) is 4.35. The van der Waals surface area contributed by atoms with Crippen LogP contribution in [0, 0.1) is 5.92 Å². The van der Waals surface area contributed by atoms with Crippen LogP contribution in [0.15, 0.2) is 22.7 Å². The van der Waals surface area contributed by atoms with Gasteiger partial charge in [0, 0.05) is 10.4 Å². The van der Waals surface area contributed by atoms with Crippen LogP contribution >= 0.6 is 15.9 Å². The summed E-state index contributed by atoms with van der Waals surface area (Å²) in [6, 6.07) is 4.75. The first-order valence-corrected chi connectivity index (χ1v) is 7.62. The number of piperidine rings is 1. The van der Waals surface area contributed by atoms with Crippen LogP contribution in [-0.2, 0) is 4.74 Å². The quantitative estimate of drug-likeness (QED) is 0.829. The summed E-state index contributed by atoms with van der Waals surface area (Å²) >= 11 is 3.29. The van der Waals surface area contributed by atoms with Crippen molar-refractivity contribution in [3.05, 3.63) is 28.2 Å². The lowest BCUT2D eigenvalue weighted by atomic mass is 9.83. The zero-order valence-electron chi connectivity index (χ0n) is 11.8. The van der Waals surface area contributed by atoms with Gasteiger partial charge < -0.3 is 15.2 Å². The Hall–Kier alpha value is -1.07. The molecule has 0 saturated carbocycles. The Morgan fingerprint density at radius 3 is 2.70 bits per heavy atom. The molecule has 1 aromatic carbocycles. The van der Waals surface area contributed by atoms with E-state index in [1.54, 1.807) is 12.1 Å². The van der Waals surface area contributed by atoms with Crippen molar-refractivity contribution in [3.8, 4) is 5.75 Å². The van der Waals surface area contributed by atoms with Crippen LogP contribution in [0.25, 0.3) is 0 Å². The second-order valence-corrected chi connectivity index (χ2v) is 6.59. The molecule has 5 heteroatoms. The van der Waals surface area contributed by atoms with Gasteiger partial charge in [0.15, 0.2) is 0 Å². The number of carbonyl (C=O) groups excluding carboxylic acids is 1. The molecule has 1 heterocycles. The largest absolute Gasteiger partial charge is 0.507 e. The Kier molecular flexibility index (Phi) is 4.70. The number of benzene rings is 1. The number of halogens is 1. The van der Waals surface area contributed by atoms with Crippen molar-refractivity contribution in [1.82, 2.24) is 5.32 Å². The summed E-state index contributed by atoms with van der Waals surface area (Å²) in [5.41, 5.74) is -0.338. The Morgan fingerprint density at radius 1 is 1.40 bits per heavy atom. The number of hydrogen-bond acceptors (Lipinski definition) is 4. The van der Waals surface area contributed by atoms with Gasteiger partial charge in [-0.05, 0) is 58.0 Å². The molecular formula is C15H20BrNO3. The standard InChI is InChI=1S/C15H20BrNO3/c1-15(2,10-5-7-17-8-6-10)20-14(19)12-9-11(16)3-4-13(12)18/h3-4,9-10,17-18H,5-8H2,1-2H3. The molecule has 110 valence electrons. The molecule has 0 unspecified atom stereocenters. The Morgan fingerprint density at radius 2 is 2.05 bits per heavy atom. The molecule has 1 fully saturated rings. The molecule has 20 heavy (non-hydrogen) atoms. The van der Waals surface area contributed by atoms with Gasteiger partial charge in [0.2, 0.25) is 0 Å². The summed E-state index contributed by atoms with van der Waals surface area (Å²) in [4.78, 5) is 12.3. The fourth-order valence-corrected chi connectivity index (χ4v) is 2.93. The van der Waals surface area contributed by atoms with E-state index in [-0.39, 0.29) is 11.3 Å². The number of aromatic hydroxyl groups is 1. The molecule has 0 bridgehead atoms. The van der Waals surface area contributed by atoms with Crippen molar-refractivity contribution in [3.63, 3.8) is 0 Å². The highest BCUT2D eigenvalue weighted by Crippen LogP contribution is 2.31. The number of carbonyl (C=O) groups is 1. The van der Waals surface area contributed by atoms with E-state index in [1.165, 1.54) is 6.07 Å². The second-order valence-electron chi connectivity index (χ2n) is 5.68. The Balaban J connectivity index is 2.11. The molecule has 2 rings (SSSR count). The summed E-state index contributed by atoms with van der Waals surface area (Å²) in [5, 5.41) is 13.1. The number of phenols is 1. The molecule has 1 aromatic rings. The van der Waals surface area contributed by atoms with Gasteiger partial charge in [-0.15, -0.1) is 0 Å². The van der Waals surface area contributed by atoms with Gasteiger partial charge in [-0.1, -0.05) is 15.9 Å². The smallest absolute Gasteiger partial charge is 0.342 e. The van der Waals surface area contributed by atoms with Crippen LogP contribution < -0.4 is 5.32 Å². The van der Waals surface area contributed by atoms with Crippen molar-refractivity contribution in [2.45, 2.75) is 32.3 Å². The maximum Gasteiger partial charge on any atom is 0.342 e. The molecular weight excluding hydrogens is 322 g/mol. The zero-order chi connectivity index (χ0) is 14.8. The maximum absolute atomic E-state index is 12.3. The number of nitrogens with one attached hydrogen (secondary N) is 1. The van der Waals surface area contributed by atoms with Crippen molar-refractivity contribution >= 4 is 21.9 Å². The highest BCUT2D eigenvalue weighted by molar-refractivity contribution is 9.10. The molecule has 0 atom stereocenters. The lowest BCUT2D eigenvalue weighted by Gasteiger charge is -2.36. The topological polar surface area (TPSA) is 58.6 Å². The lowest BCUT2D eigenvalue weighted by molar-refractivity contribution is -0.0370. The Bertz CT molecular complexity index is 496. The molecule has 2 N–H and O–H groups in total. The van der Waals surface area contributed by atoms with Crippen LogP contribution in [0.2, 0.25) is 0 Å². The highest BCUT2D eigenvalue weighted by atomic mass is 79.9. The predicted octanol–water partition coefficient (Wildman–Crippen LogP) is 3.09. The van der Waals surface area contributed by atoms with Crippen LogP contribution in [0.5, 0.6) is 5.75 Å². The van der Waals surface area contributed by atoms with E-state index in [2.05, 4.69) is 21.2 Å². The molecule has 0 spiro atoms. The second kappa shape index (κ2) is 6.14. The van der Waals surface area contributed by atoms with Gasteiger partial charge in [-0.2, -0.15) is 0 Å². The lowest BCUT2D eigenvalue weighted by Crippen LogP contribution is -2.42. The van der Waals surface area contributed by atoms with Crippen molar-refractivity contribution in [2.24, 2.45) is 5.92 Å². The monoisotopic (exact) mass is 341 g/mol. The molecule has 0 aliphatic carbocycles. The van der Waals surface area contributed by atoms with Crippen LogP contribution in [0.4, 0.5) is 0 Å². The van der Waals surface area contributed by atoms with Crippen molar-refractivity contribution in [1.29, 1.82) is 0 Å². The minimum absolute atomic E-state index is 0.0562. The first-order valence-electron chi connectivity index (χ1n) is 6.83. The number of rotatable bonds is 3. The fraction of sp³-hybridized carbons (Fsp3) is 0.533. The zero-order valence-corrected chi connectivity index (χ0v) is 13.4. The van der Waals surface area contributed by atoms with Gasteiger partial charge in [0.05, 0.1) is 0 Å². The Labute approximate surface area is 127 Å². The van der Waals surface area contributed by atoms with Crippen LogP contribution in [0.3, 0.4) is 0 Å². The first kappa shape index (κ1) is 15.3. The minimum atomic E-state index is -0.534. The molecule has 1 aliphatic heterocycles. The van der Waals surface area contributed by atoms with E-state index in [0.29, 0.717) is 5.92 Å². The third kappa shape index (κ3) is 3.52. The van der Waals surface area contributed by atoms with Gasteiger partial charge in [-0.25, -0.2) is 4.79 Å². The molecule has 1 saturated heterocycles. The number of esters is 1. The van der Waals surface area contributed by atoms with Crippen molar-refractivity contribution in [2.75, 3.05) is 13.1 Å². The normalized spacial score (nSPS) is 16.9. The maximum atomic E-state index is 12.3. The number of phenolic OH excluding ortho intramolecular Hbond substituents is 1. The molecule has 4 nitrogen and oxygen atoms in total. The van der Waals surface area contributed by atoms with E-state index in [1.807, 2.05) is 13.8 Å². The summed E-state index contributed by atoms with van der Waals surface area (Å²) < 4.78 is 6.39. The SMILES string of the molecule is CC(C)(OC(=O)c1cc(Br)ccc1O)C1CCNCC1. The van der Waals surface area contributed by atoms with E-state index in [9.17, 15) is 9.90 Å². The van der Waals surface area contributed by atoms with Gasteiger partial charge in [0.1, 0.15) is 16.9 Å². The fourth-order valence-electron chi connectivity index (χ4n) is 2.57. The average molecular weight is 342 g/mol. The van der Waals surface area contributed by atoms with E-state index in [0.717, 1.165) is 30.4 Å². The summed E-state index contributed by atoms with van der Waals surface area (Å²) in [6.45, 7) is 5.79. The predicted molar refractivity (Wildman–Crippen MR) is 80.9 cm³/mol. The minimum Gasteiger partial charge on any atom is -0.507 e. The van der Waals surface area contributed by atoms with Crippen molar-refractivity contribution < 1.29 is 14.6 Å². The van der Waals surface area contributed by atoms with E-state index >= 15 is 0 Å². The van der Waals surface area contributed by atoms with E-state index in [4.69, 9.17) is 4.74 Å². The summed E-state index contributed by atoms with van der Waals surface area (Å²) in [6.07, 6.45) is 1.98. The third-order valence-electron chi connectivity index (χ3n) is 3.86. The molecule has 0 amide bonds. The van der Waals surface area contributed by atoms with Crippen LogP contribution in [-0.4, -0.2) is 29.8 Å². The van der Waals surface area contributed by atoms with Crippen LogP contribution in [0.1, 0.15) is 37.0 Å². The molecule has 0 radical (unpaired) electrons. The number of hydrogen-bond donors (Lipinski definition) is 2. The van der Waals surface area contributed by atoms with E-state index < -0.39 is 11.6 Å².